The van der Waals surface area contributed by atoms with Gasteiger partial charge in [0, 0.05) is 17.3 Å². The summed E-state index contributed by atoms with van der Waals surface area (Å²) in [6.07, 6.45) is 6.16. The molecular weight excluding hydrogens is 254 g/mol. The monoisotopic (exact) mass is 281 g/mol. The molecule has 1 heterocycles. The standard InChI is InChI=1S/C15H27N3S/c1-10-11(2)19-14(17-10)9-13(18-16)12-5-7-15(3,4)8-6-12/h12-13,18H,5-9,16H2,1-4H3. The number of thiazole rings is 1. The number of nitrogens with one attached hydrogen (secondary N) is 1. The Labute approximate surface area is 121 Å². The molecule has 1 atom stereocenters. The van der Waals surface area contributed by atoms with Crippen LogP contribution in [0.25, 0.3) is 0 Å². The van der Waals surface area contributed by atoms with E-state index < -0.39 is 0 Å². The Balaban J connectivity index is 1.97. The molecule has 1 aliphatic rings. The van der Waals surface area contributed by atoms with Crippen LogP contribution in [0.3, 0.4) is 0 Å². The van der Waals surface area contributed by atoms with E-state index in [2.05, 4.69) is 38.1 Å². The van der Waals surface area contributed by atoms with Gasteiger partial charge in [-0.05, 0) is 50.9 Å². The Hall–Kier alpha value is -0.450. The van der Waals surface area contributed by atoms with E-state index in [4.69, 9.17) is 5.84 Å². The zero-order valence-corrected chi connectivity index (χ0v) is 13.4. The molecule has 0 amide bonds. The normalized spacial score (nSPS) is 21.5. The molecule has 1 saturated carbocycles. The van der Waals surface area contributed by atoms with Crippen molar-refractivity contribution in [3.8, 4) is 0 Å². The summed E-state index contributed by atoms with van der Waals surface area (Å²) in [6.45, 7) is 8.98. The molecule has 108 valence electrons. The van der Waals surface area contributed by atoms with Crippen LogP contribution < -0.4 is 11.3 Å². The molecule has 1 unspecified atom stereocenters. The summed E-state index contributed by atoms with van der Waals surface area (Å²) >= 11 is 1.82. The highest BCUT2D eigenvalue weighted by Crippen LogP contribution is 2.39. The molecule has 1 fully saturated rings. The maximum absolute atomic E-state index is 5.79. The van der Waals surface area contributed by atoms with Gasteiger partial charge < -0.3 is 0 Å². The minimum absolute atomic E-state index is 0.376. The fourth-order valence-corrected chi connectivity index (χ4v) is 3.99. The second-order valence-electron chi connectivity index (χ2n) is 6.73. The predicted molar refractivity (Wildman–Crippen MR) is 82.1 cm³/mol. The molecule has 0 aromatic carbocycles. The Morgan fingerprint density at radius 1 is 1.37 bits per heavy atom. The number of hydrogen-bond acceptors (Lipinski definition) is 4. The van der Waals surface area contributed by atoms with Gasteiger partial charge in [0.05, 0.1) is 10.7 Å². The molecule has 1 aromatic rings. The lowest BCUT2D eigenvalue weighted by Crippen LogP contribution is -2.44. The predicted octanol–water partition coefficient (Wildman–Crippen LogP) is 3.35. The van der Waals surface area contributed by atoms with Crippen LogP contribution in [0.5, 0.6) is 0 Å². The van der Waals surface area contributed by atoms with E-state index >= 15 is 0 Å². The Bertz CT molecular complexity index is 396. The first kappa shape index (κ1) is 14.9. The summed E-state index contributed by atoms with van der Waals surface area (Å²) in [5.74, 6) is 6.49. The van der Waals surface area contributed by atoms with Crippen molar-refractivity contribution in [1.29, 1.82) is 0 Å². The topological polar surface area (TPSA) is 50.9 Å². The third kappa shape index (κ3) is 3.77. The zero-order chi connectivity index (χ0) is 14.0. The number of nitrogens with two attached hydrogens (primary N) is 1. The van der Waals surface area contributed by atoms with Crippen LogP contribution in [-0.4, -0.2) is 11.0 Å². The Morgan fingerprint density at radius 2 is 2.00 bits per heavy atom. The highest BCUT2D eigenvalue weighted by molar-refractivity contribution is 7.11. The fourth-order valence-electron chi connectivity index (χ4n) is 3.00. The van der Waals surface area contributed by atoms with Gasteiger partial charge in [-0.3, -0.25) is 11.3 Å². The average Bonchev–Trinajstić information content (AvgIpc) is 2.66. The van der Waals surface area contributed by atoms with Crippen LogP contribution >= 0.6 is 11.3 Å². The lowest BCUT2D eigenvalue weighted by Gasteiger charge is -2.37. The van der Waals surface area contributed by atoms with Crippen LogP contribution in [0.1, 0.15) is 55.1 Å². The maximum Gasteiger partial charge on any atom is 0.0947 e. The molecule has 0 bridgehead atoms. The van der Waals surface area contributed by atoms with E-state index in [1.807, 2.05) is 11.3 Å². The molecule has 3 nitrogen and oxygen atoms in total. The number of aryl methyl sites for hydroxylation is 2. The van der Waals surface area contributed by atoms with Crippen LogP contribution in [0, 0.1) is 25.2 Å². The number of rotatable bonds is 4. The number of aromatic nitrogens is 1. The molecule has 1 aromatic heterocycles. The van der Waals surface area contributed by atoms with Crippen molar-refractivity contribution in [3.63, 3.8) is 0 Å². The summed E-state index contributed by atoms with van der Waals surface area (Å²) in [6, 6.07) is 0.376. The van der Waals surface area contributed by atoms with Crippen LogP contribution in [0.2, 0.25) is 0 Å². The minimum Gasteiger partial charge on any atom is -0.271 e. The van der Waals surface area contributed by atoms with Crippen molar-refractivity contribution in [2.24, 2.45) is 17.2 Å². The van der Waals surface area contributed by atoms with Gasteiger partial charge in [0.15, 0.2) is 0 Å². The fraction of sp³-hybridized carbons (Fsp3) is 0.800. The van der Waals surface area contributed by atoms with E-state index in [1.54, 1.807) is 0 Å². The van der Waals surface area contributed by atoms with E-state index in [1.165, 1.54) is 41.3 Å². The zero-order valence-electron chi connectivity index (χ0n) is 12.6. The van der Waals surface area contributed by atoms with Gasteiger partial charge in [0.1, 0.15) is 0 Å². The largest absolute Gasteiger partial charge is 0.271 e. The van der Waals surface area contributed by atoms with Crippen molar-refractivity contribution >= 4 is 11.3 Å². The number of nitrogens with zero attached hydrogens (tertiary/aromatic N) is 1. The first-order valence-corrected chi connectivity index (χ1v) is 8.12. The second kappa shape index (κ2) is 5.90. The molecular formula is C15H27N3S. The third-order valence-electron chi connectivity index (χ3n) is 4.63. The quantitative estimate of drug-likeness (QED) is 0.657. The molecule has 0 saturated heterocycles. The minimum atomic E-state index is 0.376. The van der Waals surface area contributed by atoms with Crippen LogP contribution in [-0.2, 0) is 6.42 Å². The molecule has 4 heteroatoms. The highest BCUT2D eigenvalue weighted by Gasteiger charge is 2.31. The highest BCUT2D eigenvalue weighted by atomic mass is 32.1. The SMILES string of the molecule is Cc1nc(CC(NN)C2CCC(C)(C)CC2)sc1C. The average molecular weight is 281 g/mol. The third-order valence-corrected chi connectivity index (χ3v) is 5.73. The van der Waals surface area contributed by atoms with Gasteiger partial charge in [-0.2, -0.15) is 0 Å². The number of hydrazine groups is 1. The summed E-state index contributed by atoms with van der Waals surface area (Å²) in [5.41, 5.74) is 4.73. The smallest absolute Gasteiger partial charge is 0.0947 e. The summed E-state index contributed by atoms with van der Waals surface area (Å²) in [7, 11) is 0. The lowest BCUT2D eigenvalue weighted by molar-refractivity contribution is 0.161. The Morgan fingerprint density at radius 3 is 2.47 bits per heavy atom. The lowest BCUT2D eigenvalue weighted by atomic mass is 9.71. The molecule has 0 radical (unpaired) electrons. The van der Waals surface area contributed by atoms with Crippen LogP contribution in [0.4, 0.5) is 0 Å². The van der Waals surface area contributed by atoms with Gasteiger partial charge in [-0.25, -0.2) is 4.98 Å². The van der Waals surface area contributed by atoms with Crippen molar-refractivity contribution in [1.82, 2.24) is 10.4 Å². The van der Waals surface area contributed by atoms with Crippen molar-refractivity contribution in [2.45, 2.75) is 65.8 Å². The van der Waals surface area contributed by atoms with E-state index in [0.717, 1.165) is 6.42 Å². The van der Waals surface area contributed by atoms with Gasteiger partial charge in [-0.15, -0.1) is 11.3 Å². The van der Waals surface area contributed by atoms with Crippen molar-refractivity contribution < 1.29 is 0 Å². The first-order valence-electron chi connectivity index (χ1n) is 7.30. The van der Waals surface area contributed by atoms with E-state index in [0.29, 0.717) is 17.4 Å². The van der Waals surface area contributed by atoms with Crippen LogP contribution in [0.15, 0.2) is 0 Å². The van der Waals surface area contributed by atoms with Gasteiger partial charge in [0.25, 0.3) is 0 Å². The van der Waals surface area contributed by atoms with Gasteiger partial charge in [-0.1, -0.05) is 13.8 Å². The molecule has 2 rings (SSSR count). The molecule has 3 N–H and O–H groups in total. The molecule has 0 spiro atoms. The van der Waals surface area contributed by atoms with Crippen molar-refractivity contribution in [2.75, 3.05) is 0 Å². The van der Waals surface area contributed by atoms with E-state index in [-0.39, 0.29) is 0 Å². The first-order chi connectivity index (χ1) is 8.91. The van der Waals surface area contributed by atoms with Gasteiger partial charge >= 0.3 is 0 Å². The van der Waals surface area contributed by atoms with Gasteiger partial charge in [0.2, 0.25) is 0 Å². The maximum atomic E-state index is 5.79. The molecule has 0 aliphatic heterocycles. The summed E-state index contributed by atoms with van der Waals surface area (Å²) in [4.78, 5) is 5.97. The summed E-state index contributed by atoms with van der Waals surface area (Å²) in [5, 5.41) is 1.22. The number of hydrogen-bond donors (Lipinski definition) is 2. The second-order valence-corrected chi connectivity index (χ2v) is 8.02. The molecule has 19 heavy (non-hydrogen) atoms. The summed E-state index contributed by atoms with van der Waals surface area (Å²) < 4.78 is 0. The van der Waals surface area contributed by atoms with Crippen molar-refractivity contribution in [3.05, 3.63) is 15.6 Å². The molecule has 1 aliphatic carbocycles. The van der Waals surface area contributed by atoms with E-state index in [9.17, 15) is 0 Å². The Kier molecular flexibility index (Phi) is 4.64.